The molecule has 0 aliphatic carbocycles. The highest BCUT2D eigenvalue weighted by atomic mass is 32.2. The van der Waals surface area contributed by atoms with Gasteiger partial charge in [-0.3, -0.25) is 0 Å². The average Bonchev–Trinajstić information content (AvgIpc) is 2.36. The molecule has 1 aromatic carbocycles. The predicted octanol–water partition coefficient (Wildman–Crippen LogP) is 0.863. The average molecular weight is 268 g/mol. The highest BCUT2D eigenvalue weighted by Gasteiger charge is 2.41. The van der Waals surface area contributed by atoms with Crippen molar-refractivity contribution in [2.24, 2.45) is 0 Å². The third kappa shape index (κ3) is 2.72. The molecule has 0 fully saturated rings. The van der Waals surface area contributed by atoms with Crippen molar-refractivity contribution < 1.29 is 18.6 Å². The molecule has 0 aliphatic heterocycles. The Morgan fingerprint density at radius 1 is 1.33 bits per heavy atom. The van der Waals surface area contributed by atoms with E-state index in [0.29, 0.717) is 0 Å². The summed E-state index contributed by atoms with van der Waals surface area (Å²) in [6, 6.07) is 6.07. The molecule has 5 heteroatoms. The lowest BCUT2D eigenvalue weighted by molar-refractivity contribution is 0.0498. The van der Waals surface area contributed by atoms with Gasteiger partial charge in [0.05, 0.1) is 11.5 Å². The summed E-state index contributed by atoms with van der Waals surface area (Å²) in [5, 5.41) is 19.2. The van der Waals surface area contributed by atoms with Crippen LogP contribution >= 0.6 is 0 Å². The van der Waals surface area contributed by atoms with Crippen LogP contribution in [-0.4, -0.2) is 30.2 Å². The minimum atomic E-state index is -4.03. The molecule has 1 atom stereocenters. The second-order valence-electron chi connectivity index (χ2n) is 4.12. The van der Waals surface area contributed by atoms with Gasteiger partial charge in [0.1, 0.15) is 0 Å². The van der Waals surface area contributed by atoms with Crippen LogP contribution in [0.2, 0.25) is 0 Å². The summed E-state index contributed by atoms with van der Waals surface area (Å²) in [5.74, 6) is 2.25. The first-order chi connectivity index (χ1) is 8.37. The number of aliphatic hydroxyl groups is 2. The highest BCUT2D eigenvalue weighted by molar-refractivity contribution is 7.92. The van der Waals surface area contributed by atoms with Gasteiger partial charge in [-0.15, -0.1) is 12.3 Å². The van der Waals surface area contributed by atoms with Crippen molar-refractivity contribution in [1.29, 1.82) is 0 Å². The first kappa shape index (κ1) is 14.7. The van der Waals surface area contributed by atoms with Crippen molar-refractivity contribution >= 4 is 9.84 Å². The lowest BCUT2D eigenvalue weighted by atomic mass is 10.2. The third-order valence-electron chi connectivity index (χ3n) is 2.74. The fraction of sp³-hybridized carbons (Fsp3) is 0.385. The Morgan fingerprint density at radius 3 is 2.33 bits per heavy atom. The Bertz CT molecular complexity index is 539. The molecule has 1 rings (SSSR count). The second kappa shape index (κ2) is 5.53. The minimum Gasteiger partial charge on any atom is -0.392 e. The first-order valence-electron chi connectivity index (χ1n) is 5.45. The largest absolute Gasteiger partial charge is 0.392 e. The van der Waals surface area contributed by atoms with E-state index in [1.807, 2.05) is 6.92 Å². The van der Waals surface area contributed by atoms with Crippen LogP contribution in [0.15, 0.2) is 29.2 Å². The van der Waals surface area contributed by atoms with Gasteiger partial charge >= 0.3 is 0 Å². The summed E-state index contributed by atoms with van der Waals surface area (Å²) < 4.78 is 24.4. The molecule has 0 aromatic heterocycles. The molecule has 98 valence electrons. The van der Waals surface area contributed by atoms with E-state index in [4.69, 9.17) is 11.5 Å². The Kier molecular flexibility index (Phi) is 4.52. The van der Waals surface area contributed by atoms with Crippen molar-refractivity contribution in [2.45, 2.75) is 29.6 Å². The molecule has 2 N–H and O–H groups in total. The summed E-state index contributed by atoms with van der Waals surface area (Å²) in [6.45, 7) is 0.942. The van der Waals surface area contributed by atoms with E-state index >= 15 is 0 Å². The van der Waals surface area contributed by atoms with Gasteiger partial charge in [0, 0.05) is 12.8 Å². The zero-order valence-electron chi connectivity index (χ0n) is 10.1. The van der Waals surface area contributed by atoms with Gasteiger partial charge in [0.25, 0.3) is 0 Å². The lowest BCUT2D eigenvalue weighted by Gasteiger charge is -2.25. The van der Waals surface area contributed by atoms with Gasteiger partial charge in [-0.1, -0.05) is 17.7 Å². The molecular formula is C13H16O4S. The molecule has 0 unspecified atom stereocenters. The standard InChI is InChI=1S/C13H16O4S/c1-3-4-9-13(15,10-14)18(16,17)12-7-5-11(2)6-8-12/h1,5-8,14-15H,4,9-10H2,2H3/t13-/m0/s1. The van der Waals surface area contributed by atoms with E-state index in [9.17, 15) is 13.5 Å². The van der Waals surface area contributed by atoms with Gasteiger partial charge in [-0.25, -0.2) is 8.42 Å². The van der Waals surface area contributed by atoms with Gasteiger partial charge in [0.15, 0.2) is 4.93 Å². The summed E-state index contributed by atoms with van der Waals surface area (Å²) >= 11 is 0. The van der Waals surface area contributed by atoms with E-state index < -0.39 is 21.4 Å². The Balaban J connectivity index is 3.19. The normalized spacial score (nSPS) is 14.8. The molecule has 0 aliphatic rings. The molecule has 1 aromatic rings. The Labute approximate surface area is 107 Å². The molecule has 18 heavy (non-hydrogen) atoms. The van der Waals surface area contributed by atoms with Crippen LogP contribution in [0.4, 0.5) is 0 Å². The third-order valence-corrected chi connectivity index (χ3v) is 4.96. The number of terminal acetylenes is 1. The monoisotopic (exact) mass is 268 g/mol. The highest BCUT2D eigenvalue weighted by Crippen LogP contribution is 2.27. The topological polar surface area (TPSA) is 74.6 Å². The smallest absolute Gasteiger partial charge is 0.210 e. The van der Waals surface area contributed by atoms with Crippen LogP contribution < -0.4 is 0 Å². The maximum atomic E-state index is 12.2. The number of sulfone groups is 1. The fourth-order valence-electron chi connectivity index (χ4n) is 1.50. The van der Waals surface area contributed by atoms with Gasteiger partial charge < -0.3 is 10.2 Å². The number of rotatable bonds is 5. The van der Waals surface area contributed by atoms with Crippen LogP contribution in [0.5, 0.6) is 0 Å². The second-order valence-corrected chi connectivity index (χ2v) is 6.36. The van der Waals surface area contributed by atoms with E-state index in [-0.39, 0.29) is 17.7 Å². The summed E-state index contributed by atoms with van der Waals surface area (Å²) in [5.41, 5.74) is 0.908. The van der Waals surface area contributed by atoms with Gasteiger partial charge in [-0.2, -0.15) is 0 Å². The molecule has 4 nitrogen and oxygen atoms in total. The quantitative estimate of drug-likeness (QED) is 0.777. The van der Waals surface area contributed by atoms with E-state index in [1.54, 1.807) is 12.1 Å². The lowest BCUT2D eigenvalue weighted by Crippen LogP contribution is -2.42. The predicted molar refractivity (Wildman–Crippen MR) is 68.5 cm³/mol. The van der Waals surface area contributed by atoms with Crippen LogP contribution in [0.3, 0.4) is 0 Å². The molecule has 0 amide bonds. The Hall–Kier alpha value is -1.35. The molecule has 0 saturated carbocycles. The number of aryl methyl sites for hydroxylation is 1. The summed E-state index contributed by atoms with van der Waals surface area (Å²) in [6.07, 6.45) is 4.93. The zero-order valence-corrected chi connectivity index (χ0v) is 10.9. The number of hydrogen-bond donors (Lipinski definition) is 2. The van der Waals surface area contributed by atoms with E-state index in [2.05, 4.69) is 5.92 Å². The molecule has 0 bridgehead atoms. The van der Waals surface area contributed by atoms with Crippen LogP contribution in [0.25, 0.3) is 0 Å². The zero-order chi connectivity index (χ0) is 13.8. The SMILES string of the molecule is C#CCC[C@@](O)(CO)S(=O)(=O)c1ccc(C)cc1. The van der Waals surface area contributed by atoms with Crippen molar-refractivity contribution in [1.82, 2.24) is 0 Å². The molecule has 0 radical (unpaired) electrons. The van der Waals surface area contributed by atoms with Crippen LogP contribution in [0, 0.1) is 19.3 Å². The molecule has 0 heterocycles. The molecule has 0 spiro atoms. The Morgan fingerprint density at radius 2 is 1.89 bits per heavy atom. The van der Waals surface area contributed by atoms with E-state index in [1.165, 1.54) is 12.1 Å². The van der Waals surface area contributed by atoms with E-state index in [0.717, 1.165) is 5.56 Å². The van der Waals surface area contributed by atoms with Crippen LogP contribution in [0.1, 0.15) is 18.4 Å². The van der Waals surface area contributed by atoms with Gasteiger partial charge in [0.2, 0.25) is 9.84 Å². The number of hydrogen-bond acceptors (Lipinski definition) is 4. The maximum Gasteiger partial charge on any atom is 0.210 e. The van der Waals surface area contributed by atoms with Gasteiger partial charge in [-0.05, 0) is 19.1 Å². The van der Waals surface area contributed by atoms with Crippen molar-refractivity contribution in [3.05, 3.63) is 29.8 Å². The fourth-order valence-corrected chi connectivity index (χ4v) is 2.98. The van der Waals surface area contributed by atoms with Crippen molar-refractivity contribution in [2.75, 3.05) is 6.61 Å². The van der Waals surface area contributed by atoms with Crippen molar-refractivity contribution in [3.8, 4) is 12.3 Å². The summed E-state index contributed by atoms with van der Waals surface area (Å²) in [7, 11) is -4.03. The minimum absolute atomic E-state index is 0.0262. The number of benzene rings is 1. The number of aliphatic hydroxyl groups excluding tert-OH is 1. The molecular weight excluding hydrogens is 252 g/mol. The molecule has 0 saturated heterocycles. The van der Waals surface area contributed by atoms with Crippen LogP contribution in [-0.2, 0) is 9.84 Å². The summed E-state index contributed by atoms with van der Waals surface area (Å²) in [4.78, 5) is -2.25. The van der Waals surface area contributed by atoms with Crippen molar-refractivity contribution in [3.63, 3.8) is 0 Å². The first-order valence-corrected chi connectivity index (χ1v) is 6.94. The maximum absolute atomic E-state index is 12.2.